The molecule has 6 nitrogen and oxygen atoms in total. The number of amides is 1. The molecule has 2 heterocycles. The predicted octanol–water partition coefficient (Wildman–Crippen LogP) is 1.58. The average molecular weight is 328 g/mol. The topological polar surface area (TPSA) is 58.4 Å². The van der Waals surface area contributed by atoms with Crippen LogP contribution >= 0.6 is 0 Å². The lowest BCUT2D eigenvalue weighted by Gasteiger charge is -2.34. The summed E-state index contributed by atoms with van der Waals surface area (Å²) < 4.78 is 1.43. The zero-order valence-electron chi connectivity index (χ0n) is 14.4. The third-order valence-corrected chi connectivity index (χ3v) is 4.61. The van der Waals surface area contributed by atoms with E-state index < -0.39 is 0 Å². The van der Waals surface area contributed by atoms with Crippen molar-refractivity contribution in [2.24, 2.45) is 0 Å². The number of hydrogen-bond donors (Lipinski definition) is 0. The van der Waals surface area contributed by atoms with Gasteiger partial charge in [0.1, 0.15) is 0 Å². The molecule has 2 aromatic rings. The number of aryl methyl sites for hydroxylation is 1. The van der Waals surface area contributed by atoms with Crippen molar-refractivity contribution in [3.05, 3.63) is 40.3 Å². The quantitative estimate of drug-likeness (QED) is 0.855. The molecule has 6 heteroatoms. The maximum atomic E-state index is 13.0. The minimum atomic E-state index is -0.125. The van der Waals surface area contributed by atoms with Crippen LogP contribution in [0.1, 0.15) is 30.8 Å². The van der Waals surface area contributed by atoms with Crippen LogP contribution < -0.4 is 5.56 Å². The minimum absolute atomic E-state index is 0.0770. The Morgan fingerprint density at radius 2 is 1.75 bits per heavy atom. The summed E-state index contributed by atoms with van der Waals surface area (Å²) in [7, 11) is 0. The van der Waals surface area contributed by atoms with Crippen LogP contribution in [-0.2, 0) is 6.54 Å². The van der Waals surface area contributed by atoms with Crippen LogP contribution in [0.15, 0.2) is 29.1 Å². The number of hydrogen-bond acceptors (Lipinski definition) is 4. The van der Waals surface area contributed by atoms with Gasteiger partial charge in [0, 0.05) is 38.1 Å². The lowest BCUT2D eigenvalue weighted by molar-refractivity contribution is 0.0637. The highest BCUT2D eigenvalue weighted by Gasteiger charge is 2.25. The Labute approximate surface area is 141 Å². The van der Waals surface area contributed by atoms with Crippen molar-refractivity contribution < 1.29 is 4.79 Å². The van der Waals surface area contributed by atoms with Gasteiger partial charge in [0.25, 0.3) is 11.5 Å². The molecule has 0 atom stereocenters. The Hall–Kier alpha value is -2.21. The van der Waals surface area contributed by atoms with Gasteiger partial charge in [-0.15, -0.1) is 0 Å². The Morgan fingerprint density at radius 3 is 2.38 bits per heavy atom. The van der Waals surface area contributed by atoms with Crippen molar-refractivity contribution in [2.45, 2.75) is 26.8 Å². The van der Waals surface area contributed by atoms with Gasteiger partial charge >= 0.3 is 0 Å². The fraction of sp³-hybridized carbons (Fsp3) is 0.500. The van der Waals surface area contributed by atoms with E-state index in [1.807, 2.05) is 30.0 Å². The summed E-state index contributed by atoms with van der Waals surface area (Å²) in [6, 6.07) is 7.26. The molecule has 0 bridgehead atoms. The molecule has 0 unspecified atom stereocenters. The zero-order chi connectivity index (χ0) is 17.1. The summed E-state index contributed by atoms with van der Waals surface area (Å²) in [5.41, 5.74) is 0.267. The molecule has 0 saturated carbocycles. The normalized spacial score (nSPS) is 15.8. The molecule has 0 N–H and O–H groups in total. The second kappa shape index (κ2) is 7.13. The molecule has 0 radical (unpaired) electrons. The van der Waals surface area contributed by atoms with Gasteiger partial charge in [-0.1, -0.05) is 32.0 Å². The highest BCUT2D eigenvalue weighted by atomic mass is 16.2. The Bertz CT molecular complexity index is 791. The summed E-state index contributed by atoms with van der Waals surface area (Å²) in [6.07, 6.45) is 0.800. The van der Waals surface area contributed by atoms with Gasteiger partial charge in [0.05, 0.1) is 5.39 Å². The van der Waals surface area contributed by atoms with E-state index in [4.69, 9.17) is 0 Å². The third-order valence-electron chi connectivity index (χ3n) is 4.61. The maximum absolute atomic E-state index is 13.0. The second-order valence-corrected chi connectivity index (χ2v) is 6.15. The average Bonchev–Trinajstić information content (AvgIpc) is 2.64. The second-order valence-electron chi connectivity index (χ2n) is 6.15. The molecule has 1 aliphatic rings. The predicted molar refractivity (Wildman–Crippen MR) is 94.3 cm³/mol. The fourth-order valence-corrected chi connectivity index (χ4v) is 3.17. The van der Waals surface area contributed by atoms with Crippen LogP contribution in [0, 0.1) is 0 Å². The van der Waals surface area contributed by atoms with E-state index in [1.54, 1.807) is 6.07 Å². The molecule has 1 aromatic carbocycles. The molecule has 1 saturated heterocycles. The van der Waals surface area contributed by atoms with Gasteiger partial charge in [0.15, 0.2) is 5.69 Å². The highest BCUT2D eigenvalue weighted by Crippen LogP contribution is 2.16. The van der Waals surface area contributed by atoms with E-state index in [9.17, 15) is 9.59 Å². The first-order chi connectivity index (χ1) is 11.7. The van der Waals surface area contributed by atoms with Crippen LogP contribution in [0.2, 0.25) is 0 Å². The number of nitrogens with zero attached hydrogens (tertiary/aromatic N) is 4. The van der Waals surface area contributed by atoms with Gasteiger partial charge < -0.3 is 9.80 Å². The van der Waals surface area contributed by atoms with E-state index in [-0.39, 0.29) is 11.5 Å². The highest BCUT2D eigenvalue weighted by molar-refractivity contribution is 6.04. The molecule has 3 rings (SSSR count). The number of likely N-dealkylation sites (N-methyl/N-ethyl adjacent to an activating group) is 1. The van der Waals surface area contributed by atoms with Crippen molar-refractivity contribution in [2.75, 3.05) is 32.7 Å². The first-order valence-corrected chi connectivity index (χ1v) is 8.67. The molecule has 0 spiro atoms. The first-order valence-electron chi connectivity index (χ1n) is 8.67. The van der Waals surface area contributed by atoms with Crippen LogP contribution in [0.25, 0.3) is 10.8 Å². The van der Waals surface area contributed by atoms with Crippen LogP contribution in [0.5, 0.6) is 0 Å². The maximum Gasteiger partial charge on any atom is 0.275 e. The summed E-state index contributed by atoms with van der Waals surface area (Å²) in [5, 5.41) is 5.62. The third kappa shape index (κ3) is 3.06. The summed E-state index contributed by atoms with van der Waals surface area (Å²) >= 11 is 0. The van der Waals surface area contributed by atoms with Crippen LogP contribution in [0.4, 0.5) is 0 Å². The number of carbonyl (C=O) groups excluding carboxylic acids is 1. The standard InChI is InChI=1S/C18H24N4O2/c1-3-9-22-17(23)15-8-6-5-7-14(15)16(19-22)18(24)21-12-10-20(4-2)11-13-21/h5-8H,3-4,9-13H2,1-2H3. The fourth-order valence-electron chi connectivity index (χ4n) is 3.17. The van der Waals surface area contributed by atoms with Crippen LogP contribution in [0.3, 0.4) is 0 Å². The lowest BCUT2D eigenvalue weighted by atomic mass is 10.1. The SMILES string of the molecule is CCCn1nc(C(=O)N2CCN(CC)CC2)c2ccccc2c1=O. The van der Waals surface area contributed by atoms with Crippen molar-refractivity contribution in [1.82, 2.24) is 19.6 Å². The van der Waals surface area contributed by atoms with Crippen LogP contribution in [-0.4, -0.2) is 58.2 Å². The Kier molecular flexibility index (Phi) is 4.94. The molecule has 1 fully saturated rings. The van der Waals surface area contributed by atoms with E-state index in [0.717, 1.165) is 26.1 Å². The van der Waals surface area contributed by atoms with Gasteiger partial charge in [0.2, 0.25) is 0 Å². The van der Waals surface area contributed by atoms with Gasteiger partial charge in [-0.05, 0) is 19.0 Å². The molecule has 1 aliphatic heterocycles. The largest absolute Gasteiger partial charge is 0.335 e. The molecule has 1 aromatic heterocycles. The van der Waals surface area contributed by atoms with Crippen molar-refractivity contribution >= 4 is 16.7 Å². The van der Waals surface area contributed by atoms with Crippen molar-refractivity contribution in [3.63, 3.8) is 0 Å². The minimum Gasteiger partial charge on any atom is -0.335 e. The molecular formula is C18H24N4O2. The van der Waals surface area contributed by atoms with Crippen molar-refractivity contribution in [3.8, 4) is 0 Å². The monoisotopic (exact) mass is 328 g/mol. The summed E-state index contributed by atoms with van der Waals surface area (Å²) in [5.74, 6) is -0.0770. The summed E-state index contributed by atoms with van der Waals surface area (Å²) in [6.45, 7) is 8.83. The number of fused-ring (bicyclic) bond motifs is 1. The zero-order valence-corrected chi connectivity index (χ0v) is 14.4. The lowest BCUT2D eigenvalue weighted by Crippen LogP contribution is -2.49. The number of carbonyl (C=O) groups is 1. The first kappa shape index (κ1) is 16.6. The Balaban J connectivity index is 2.00. The number of piperazine rings is 1. The number of aromatic nitrogens is 2. The summed E-state index contributed by atoms with van der Waals surface area (Å²) in [4.78, 5) is 29.7. The molecular weight excluding hydrogens is 304 g/mol. The number of rotatable bonds is 4. The molecule has 128 valence electrons. The van der Waals surface area contributed by atoms with Crippen molar-refractivity contribution in [1.29, 1.82) is 0 Å². The van der Waals surface area contributed by atoms with Gasteiger partial charge in [-0.25, -0.2) is 4.68 Å². The molecule has 1 amide bonds. The molecule has 0 aliphatic carbocycles. The van der Waals surface area contributed by atoms with E-state index >= 15 is 0 Å². The smallest absolute Gasteiger partial charge is 0.275 e. The Morgan fingerprint density at radius 1 is 1.08 bits per heavy atom. The van der Waals surface area contributed by atoms with E-state index in [2.05, 4.69) is 16.9 Å². The van der Waals surface area contributed by atoms with Gasteiger partial charge in [-0.2, -0.15) is 5.10 Å². The van der Waals surface area contributed by atoms with E-state index in [1.165, 1.54) is 4.68 Å². The van der Waals surface area contributed by atoms with Gasteiger partial charge in [-0.3, -0.25) is 9.59 Å². The molecule has 24 heavy (non-hydrogen) atoms. The number of benzene rings is 1. The van der Waals surface area contributed by atoms with E-state index in [0.29, 0.717) is 36.1 Å².